The van der Waals surface area contributed by atoms with Gasteiger partial charge in [0, 0.05) is 47.0 Å². The van der Waals surface area contributed by atoms with Crippen LogP contribution in [-0.2, 0) is 23.9 Å². The van der Waals surface area contributed by atoms with E-state index in [0.29, 0.717) is 48.4 Å². The minimum absolute atomic E-state index is 0. The predicted molar refractivity (Wildman–Crippen MR) is 329 cm³/mol. The van der Waals surface area contributed by atoms with Crippen LogP contribution in [0, 0.1) is 57.5 Å². The van der Waals surface area contributed by atoms with Gasteiger partial charge >= 0.3 is 60.6 Å². The Morgan fingerprint density at radius 1 is 0.645 bits per heavy atom. The number of nitro groups is 1. The number of carboxylic acid groups (broad SMARTS) is 1. The molecule has 0 saturated carbocycles. The van der Waals surface area contributed by atoms with Crippen LogP contribution in [0.25, 0.3) is 0 Å². The number of carbonyl (C=O) groups is 5. The number of amides is 1. The van der Waals surface area contributed by atoms with Gasteiger partial charge in [0.15, 0.2) is 0 Å². The third kappa shape index (κ3) is 33.6. The van der Waals surface area contributed by atoms with Gasteiger partial charge < -0.3 is 41.4 Å². The molecule has 76 heavy (non-hydrogen) atoms. The molecule has 0 aliphatic heterocycles. The van der Waals surface area contributed by atoms with Crippen molar-refractivity contribution >= 4 is 165 Å². The number of nitrogens with one attached hydrogen (secondary N) is 1. The second kappa shape index (κ2) is 43.7. The molecular formula is C50H57Cl2I3N6O13SiSn. The number of nitrogen functional groups attached to an aromatic ring is 3. The molecule has 0 atom stereocenters. The summed E-state index contributed by atoms with van der Waals surface area (Å²) in [4.78, 5) is 72.9. The maximum absolute atomic E-state index is 11.3. The number of halogens is 5. The molecule has 0 spiro atoms. The summed E-state index contributed by atoms with van der Waals surface area (Å²) in [6.45, 7) is 6.44. The van der Waals surface area contributed by atoms with Crippen molar-refractivity contribution in [2.75, 3.05) is 52.7 Å². The fraction of sp³-hybridized carbons (Fsp3) is 0.180. The molecule has 5 aromatic rings. The van der Waals surface area contributed by atoms with E-state index in [4.69, 9.17) is 59.4 Å². The number of terminal acetylenes is 3. The average molecular weight is 1550 g/mol. The number of hydrogen-bond donors (Lipinski definition) is 6. The standard InChI is InChI=1S/C10H10N2O2.C9H7NO2.C8H6INO4.C8H8INO2.C8H7IO2.C5H10Si.CH5NO.CH4.2ClH.Sn/c1-3-7-4-5-8(6-9(7)11)10(13)12-14-2;1-2-6-3-4-7(9(11)12)5-8(6)10;1-14-8(11)5-2-3-6(9)7(4-5)10(12)13;1-12-8(11)5-2-3-6(9)7(10)4-5;1-11-8(10)6-2-4-7(9)5-3-6;1-5-6(2,3)4;1-3-2;;;;/h1,4-6H,11H2,2H3,(H,12,13);1,3-5H,10H2,(H,11,12);2-4H,1H3;2-4H,10H2,1H3;2-5H,1H3;1H,2-4H3;2H2,1H3;1H4;2*1H;/q;;;;;;;;;;+2/p-2. The van der Waals surface area contributed by atoms with Gasteiger partial charge in [0.25, 0.3) is 11.6 Å². The van der Waals surface area contributed by atoms with Gasteiger partial charge in [-0.1, -0.05) is 38.9 Å². The minimum atomic E-state index is -1.10. The molecule has 26 heteroatoms. The summed E-state index contributed by atoms with van der Waals surface area (Å²) >= 11 is 5.29. The van der Waals surface area contributed by atoms with E-state index in [9.17, 15) is 34.1 Å². The molecule has 10 N–H and O–H groups in total. The molecule has 19 nitrogen and oxygen atoms in total. The Morgan fingerprint density at radius 3 is 1.33 bits per heavy atom. The van der Waals surface area contributed by atoms with Crippen molar-refractivity contribution in [3.8, 4) is 36.7 Å². The van der Waals surface area contributed by atoms with Gasteiger partial charge in [-0.2, -0.15) is 0 Å². The number of anilines is 3. The number of hydroxylamine groups is 1. The van der Waals surface area contributed by atoms with Gasteiger partial charge in [0.2, 0.25) is 0 Å². The molecule has 0 fully saturated rings. The molecule has 0 unspecified atom stereocenters. The normalized spacial score (nSPS) is 8.99. The molecular weight excluding hydrogens is 1490 g/mol. The van der Waals surface area contributed by atoms with E-state index in [1.54, 1.807) is 42.5 Å². The third-order valence-corrected chi connectivity index (χ3v) is 11.3. The van der Waals surface area contributed by atoms with Gasteiger partial charge in [-0.15, -0.1) is 24.8 Å². The second-order valence-corrected chi connectivity index (χ2v) is 26.8. The number of nitro benzene ring substituents is 1. The zero-order valence-electron chi connectivity index (χ0n) is 41.5. The number of benzene rings is 5. The molecule has 5 rings (SSSR count). The number of nitrogens with zero attached hydrogens (tertiary/aromatic N) is 1. The molecule has 0 heterocycles. The van der Waals surface area contributed by atoms with Crippen molar-refractivity contribution in [1.29, 1.82) is 0 Å². The Hall–Kier alpha value is -5.40. The van der Waals surface area contributed by atoms with Gasteiger partial charge in [-0.05, 0) is 159 Å². The van der Waals surface area contributed by atoms with Gasteiger partial charge in [-0.3, -0.25) is 19.7 Å². The van der Waals surface area contributed by atoms with E-state index in [1.807, 2.05) is 34.7 Å². The van der Waals surface area contributed by atoms with E-state index in [2.05, 4.69) is 117 Å². The number of nitrogens with two attached hydrogens (primary N) is 4. The second-order valence-electron chi connectivity index (χ2n) is 14.2. The molecule has 0 aromatic heterocycles. The van der Waals surface area contributed by atoms with Crippen LogP contribution in [0.3, 0.4) is 0 Å². The fourth-order valence-electron chi connectivity index (χ4n) is 4.20. The van der Waals surface area contributed by atoms with Crippen LogP contribution in [0.15, 0.2) is 97.1 Å². The zero-order valence-corrected chi connectivity index (χ0v) is 53.3. The molecule has 1 amide bonds. The van der Waals surface area contributed by atoms with Crippen LogP contribution in [0.4, 0.5) is 22.7 Å². The number of hydrogen-bond acceptors (Lipinski definition) is 16. The monoisotopic (exact) mass is 1550 g/mol. The molecule has 0 aliphatic rings. The van der Waals surface area contributed by atoms with Gasteiger partial charge in [-0.25, -0.2) is 30.6 Å². The summed E-state index contributed by atoms with van der Waals surface area (Å²) in [6, 6.07) is 25.5. The van der Waals surface area contributed by atoms with Crippen LogP contribution >= 0.6 is 85.6 Å². The van der Waals surface area contributed by atoms with E-state index in [0.717, 1.165) is 7.14 Å². The van der Waals surface area contributed by atoms with Crippen molar-refractivity contribution in [1.82, 2.24) is 5.48 Å². The molecule has 408 valence electrons. The molecule has 0 saturated heterocycles. The number of carboxylic acids is 1. The number of aromatic carboxylic acids is 1. The van der Waals surface area contributed by atoms with Crippen LogP contribution in [0.1, 0.15) is 70.3 Å². The Bertz CT molecular complexity index is 2790. The maximum atomic E-state index is 11.3. The Balaban J connectivity index is -0.000000404. The number of rotatable bonds is 7. The molecule has 2 radical (unpaired) electrons. The molecule has 5 aromatic carbocycles. The van der Waals surface area contributed by atoms with Crippen molar-refractivity contribution in [3.63, 3.8) is 0 Å². The first-order chi connectivity index (χ1) is 35.2. The fourth-order valence-corrected chi connectivity index (χ4v) is 5.43. The first-order valence-electron chi connectivity index (χ1n) is 20.1. The third-order valence-electron chi connectivity index (χ3n) is 7.80. The quantitative estimate of drug-likeness (QED) is 0.0129. The van der Waals surface area contributed by atoms with Gasteiger partial charge in [0.1, 0.15) is 8.07 Å². The van der Waals surface area contributed by atoms with E-state index < -0.39 is 43.8 Å². The van der Waals surface area contributed by atoms with E-state index >= 15 is 0 Å². The summed E-state index contributed by atoms with van der Waals surface area (Å²) in [7, 11) is 15.5. The van der Waals surface area contributed by atoms with Crippen LogP contribution in [0.5, 0.6) is 0 Å². The number of methoxy groups -OCH3 is 3. The molecule has 0 bridgehead atoms. The van der Waals surface area contributed by atoms with Crippen LogP contribution in [0.2, 0.25) is 19.6 Å². The Morgan fingerprint density at radius 2 is 0.987 bits per heavy atom. The number of carbonyl (C=O) groups excluding carboxylic acids is 4. The summed E-state index contributed by atoms with van der Waals surface area (Å²) in [5.41, 5.74) is 25.7. The van der Waals surface area contributed by atoms with Crippen molar-refractivity contribution < 1.29 is 57.9 Å². The van der Waals surface area contributed by atoms with Crippen LogP contribution < -0.4 is 28.6 Å². The molecule has 0 aliphatic carbocycles. The van der Waals surface area contributed by atoms with Crippen molar-refractivity contribution in [2.45, 2.75) is 27.1 Å². The summed E-state index contributed by atoms with van der Waals surface area (Å²) in [5, 5.41) is 19.1. The Labute approximate surface area is 502 Å². The van der Waals surface area contributed by atoms with Crippen molar-refractivity contribution in [3.05, 3.63) is 157 Å². The first-order valence-corrected chi connectivity index (χ1v) is 34.1. The number of esters is 3. The van der Waals surface area contributed by atoms with E-state index in [1.165, 1.54) is 78.0 Å². The predicted octanol–water partition coefficient (Wildman–Crippen LogP) is 9.85. The van der Waals surface area contributed by atoms with Gasteiger partial charge in [0.05, 0.1) is 66.3 Å². The summed E-state index contributed by atoms with van der Waals surface area (Å²) in [5.74, 6) is 6.50. The SMILES string of the molecule is C.C#C[Si](C)(C)C.C#Cc1ccc(C(=O)NOC)cc1N.C#Cc1ccc(C(=O)O)cc1N.COC(=O)c1ccc(I)c(N)c1.COC(=O)c1ccc(I)c([N+](=O)[O-])c1.COC(=O)c1ccc(I)cc1.CON.[Cl][Sn][Cl]. The summed E-state index contributed by atoms with van der Waals surface area (Å²) in [6.07, 6.45) is 15.4. The zero-order chi connectivity index (χ0) is 58.4. The Kier molecular flexibility index (Phi) is 44.3. The van der Waals surface area contributed by atoms with E-state index in [-0.39, 0.29) is 42.1 Å². The topological polar surface area (TPSA) is 311 Å². The average Bonchev–Trinajstić information content (AvgIpc) is 3.38. The summed E-state index contributed by atoms with van der Waals surface area (Å²) < 4.78 is 16.0. The van der Waals surface area contributed by atoms with Crippen molar-refractivity contribution in [2.24, 2.45) is 5.90 Å². The first kappa shape index (κ1) is 77.1. The number of ether oxygens (including phenoxy) is 3. The van der Waals surface area contributed by atoms with Crippen LogP contribution in [-0.4, -0.2) is 102 Å².